The summed E-state index contributed by atoms with van der Waals surface area (Å²) in [7, 11) is 0. The molecule has 0 spiro atoms. The van der Waals surface area contributed by atoms with Crippen molar-refractivity contribution in [2.24, 2.45) is 0 Å². The number of nitrogens with zero attached hydrogens (tertiary/aromatic N) is 3. The SMILES string of the molecule is Nc1c(NNC(=O)c2cccnc2)ncnc1NNC(=O)c1ccc(Cl)cc1Cl. The maximum Gasteiger partial charge on any atom is 0.271 e. The van der Waals surface area contributed by atoms with Crippen molar-refractivity contribution in [3.63, 3.8) is 0 Å². The summed E-state index contributed by atoms with van der Waals surface area (Å²) in [5.74, 6) is -0.726. The Labute approximate surface area is 174 Å². The number of rotatable bonds is 6. The van der Waals surface area contributed by atoms with Gasteiger partial charge in [0.25, 0.3) is 11.8 Å². The van der Waals surface area contributed by atoms with Crippen LogP contribution < -0.4 is 27.4 Å². The van der Waals surface area contributed by atoms with Crippen LogP contribution in [0.25, 0.3) is 0 Å². The number of nitrogens with one attached hydrogen (secondary N) is 4. The van der Waals surface area contributed by atoms with E-state index in [1.807, 2.05) is 0 Å². The van der Waals surface area contributed by atoms with E-state index < -0.39 is 11.8 Å². The van der Waals surface area contributed by atoms with Crippen molar-refractivity contribution in [2.75, 3.05) is 16.6 Å². The number of nitrogen functional groups attached to an aromatic ring is 1. The Hall–Kier alpha value is -3.63. The number of aromatic nitrogens is 3. The molecule has 12 heteroatoms. The highest BCUT2D eigenvalue weighted by atomic mass is 35.5. The first-order valence-corrected chi connectivity index (χ1v) is 8.79. The Kier molecular flexibility index (Phi) is 6.27. The molecule has 0 aliphatic rings. The lowest BCUT2D eigenvalue weighted by atomic mass is 10.2. The van der Waals surface area contributed by atoms with Gasteiger partial charge in [0, 0.05) is 17.4 Å². The van der Waals surface area contributed by atoms with E-state index >= 15 is 0 Å². The molecule has 148 valence electrons. The van der Waals surface area contributed by atoms with Gasteiger partial charge in [-0.25, -0.2) is 9.97 Å². The lowest BCUT2D eigenvalue weighted by Gasteiger charge is -2.14. The van der Waals surface area contributed by atoms with Crippen molar-refractivity contribution in [1.29, 1.82) is 0 Å². The first-order valence-electron chi connectivity index (χ1n) is 8.04. The molecule has 0 atom stereocenters. The molecule has 0 unspecified atom stereocenters. The van der Waals surface area contributed by atoms with E-state index in [9.17, 15) is 9.59 Å². The van der Waals surface area contributed by atoms with Crippen molar-refractivity contribution in [3.8, 4) is 0 Å². The fraction of sp³-hybridized carbons (Fsp3) is 0. The minimum Gasteiger partial charge on any atom is -0.393 e. The average molecular weight is 433 g/mol. The number of anilines is 3. The van der Waals surface area contributed by atoms with Gasteiger partial charge in [0.1, 0.15) is 12.0 Å². The lowest BCUT2D eigenvalue weighted by molar-refractivity contribution is 0.0954. The number of nitrogens with two attached hydrogens (primary N) is 1. The highest BCUT2D eigenvalue weighted by molar-refractivity contribution is 6.36. The van der Waals surface area contributed by atoms with Gasteiger partial charge in [-0.15, -0.1) is 0 Å². The summed E-state index contributed by atoms with van der Waals surface area (Å²) in [6.45, 7) is 0. The molecule has 2 amide bonds. The summed E-state index contributed by atoms with van der Waals surface area (Å²) < 4.78 is 0. The van der Waals surface area contributed by atoms with Crippen LogP contribution in [0.1, 0.15) is 20.7 Å². The van der Waals surface area contributed by atoms with E-state index in [1.54, 1.807) is 18.3 Å². The summed E-state index contributed by atoms with van der Waals surface area (Å²) in [5, 5.41) is 0.594. The molecule has 1 aromatic carbocycles. The summed E-state index contributed by atoms with van der Waals surface area (Å²) in [6.07, 6.45) is 4.15. The van der Waals surface area contributed by atoms with E-state index in [0.717, 1.165) is 0 Å². The van der Waals surface area contributed by atoms with Gasteiger partial charge in [-0.1, -0.05) is 23.2 Å². The third-order valence-corrected chi connectivity index (χ3v) is 4.12. The quantitative estimate of drug-likeness (QED) is 0.372. The highest BCUT2D eigenvalue weighted by Gasteiger charge is 2.13. The number of amides is 2. The van der Waals surface area contributed by atoms with Crippen LogP contribution in [0.15, 0.2) is 49.1 Å². The van der Waals surface area contributed by atoms with E-state index in [2.05, 4.69) is 36.7 Å². The van der Waals surface area contributed by atoms with E-state index in [1.165, 1.54) is 30.7 Å². The Morgan fingerprint density at radius 3 is 2.28 bits per heavy atom. The van der Waals surface area contributed by atoms with Gasteiger partial charge in [-0.3, -0.25) is 36.3 Å². The molecule has 0 saturated heterocycles. The maximum absolute atomic E-state index is 12.3. The fourth-order valence-corrected chi connectivity index (χ4v) is 2.63. The third-order valence-electron chi connectivity index (χ3n) is 3.57. The second-order valence-electron chi connectivity index (χ2n) is 5.51. The van der Waals surface area contributed by atoms with Crippen LogP contribution in [0, 0.1) is 0 Å². The van der Waals surface area contributed by atoms with Gasteiger partial charge in [0.05, 0.1) is 16.1 Å². The van der Waals surface area contributed by atoms with Crippen molar-refractivity contribution in [2.45, 2.75) is 0 Å². The number of benzene rings is 1. The highest BCUT2D eigenvalue weighted by Crippen LogP contribution is 2.22. The smallest absolute Gasteiger partial charge is 0.271 e. The molecule has 2 heterocycles. The lowest BCUT2D eigenvalue weighted by Crippen LogP contribution is -2.32. The van der Waals surface area contributed by atoms with Crippen LogP contribution in [0.4, 0.5) is 17.3 Å². The Morgan fingerprint density at radius 2 is 1.66 bits per heavy atom. The number of carbonyl (C=O) groups is 2. The second-order valence-corrected chi connectivity index (χ2v) is 6.35. The molecule has 10 nitrogen and oxygen atoms in total. The minimum atomic E-state index is -0.524. The number of pyridine rings is 1. The molecule has 0 radical (unpaired) electrons. The minimum absolute atomic E-state index is 0.0569. The van der Waals surface area contributed by atoms with Gasteiger partial charge in [-0.05, 0) is 30.3 Å². The van der Waals surface area contributed by atoms with Crippen molar-refractivity contribution in [3.05, 3.63) is 70.2 Å². The molecule has 0 aliphatic heterocycles. The van der Waals surface area contributed by atoms with Gasteiger partial charge in [0.15, 0.2) is 11.6 Å². The monoisotopic (exact) mass is 432 g/mol. The number of hydrogen-bond donors (Lipinski definition) is 5. The zero-order valence-corrected chi connectivity index (χ0v) is 16.1. The van der Waals surface area contributed by atoms with Crippen LogP contribution in [0.3, 0.4) is 0 Å². The molecule has 6 N–H and O–H groups in total. The summed E-state index contributed by atoms with van der Waals surface area (Å²) in [4.78, 5) is 36.1. The second kappa shape index (κ2) is 9.04. The molecule has 0 aliphatic carbocycles. The van der Waals surface area contributed by atoms with Crippen molar-refractivity contribution < 1.29 is 9.59 Å². The number of halogens is 2. The predicted octanol–water partition coefficient (Wildman–Crippen LogP) is 2.27. The molecule has 0 bridgehead atoms. The van der Waals surface area contributed by atoms with Crippen LogP contribution in [0.2, 0.25) is 10.0 Å². The molecule has 0 saturated carbocycles. The first-order chi connectivity index (χ1) is 14.0. The largest absolute Gasteiger partial charge is 0.393 e. The van der Waals surface area contributed by atoms with E-state index in [4.69, 9.17) is 28.9 Å². The predicted molar refractivity (Wildman–Crippen MR) is 109 cm³/mol. The number of carbonyl (C=O) groups excluding carboxylic acids is 2. The summed E-state index contributed by atoms with van der Waals surface area (Å²) >= 11 is 11.8. The first kappa shape index (κ1) is 20.1. The Balaban J connectivity index is 1.64. The van der Waals surface area contributed by atoms with Crippen LogP contribution in [-0.4, -0.2) is 26.8 Å². The maximum atomic E-state index is 12.3. The molecule has 3 aromatic rings. The average Bonchev–Trinajstić information content (AvgIpc) is 2.72. The van der Waals surface area contributed by atoms with Crippen molar-refractivity contribution in [1.82, 2.24) is 25.8 Å². The summed E-state index contributed by atoms with van der Waals surface area (Å²) in [5.41, 5.74) is 16.6. The van der Waals surface area contributed by atoms with Gasteiger partial charge >= 0.3 is 0 Å². The molecule has 2 aromatic heterocycles. The Morgan fingerprint density at radius 1 is 0.966 bits per heavy atom. The zero-order valence-electron chi connectivity index (χ0n) is 14.6. The number of hydrogen-bond acceptors (Lipinski definition) is 8. The van der Waals surface area contributed by atoms with Crippen LogP contribution in [0.5, 0.6) is 0 Å². The zero-order chi connectivity index (χ0) is 20.8. The van der Waals surface area contributed by atoms with Gasteiger partial charge < -0.3 is 5.73 Å². The molecular formula is C17H14Cl2N8O2. The molecule has 0 fully saturated rings. The third kappa shape index (κ3) is 5.00. The topological polar surface area (TPSA) is 147 Å². The van der Waals surface area contributed by atoms with Crippen LogP contribution in [-0.2, 0) is 0 Å². The normalized spacial score (nSPS) is 10.1. The van der Waals surface area contributed by atoms with Crippen LogP contribution >= 0.6 is 23.2 Å². The van der Waals surface area contributed by atoms with Gasteiger partial charge in [0.2, 0.25) is 0 Å². The van der Waals surface area contributed by atoms with E-state index in [0.29, 0.717) is 10.6 Å². The Bertz CT molecular complexity index is 1050. The van der Waals surface area contributed by atoms with Gasteiger partial charge in [-0.2, -0.15) is 0 Å². The molecule has 3 rings (SSSR count). The standard InChI is InChI=1S/C17H14Cl2N8O2/c18-10-3-4-11(12(19)6-10)17(29)27-25-15-13(20)14(22-8-23-15)24-26-16(28)9-2-1-5-21-7-9/h1-8H,20H2,(H,26,28)(H,27,29)(H2,22,23,24,25). The fourth-order valence-electron chi connectivity index (χ4n) is 2.14. The number of hydrazine groups is 2. The van der Waals surface area contributed by atoms with Crippen molar-refractivity contribution >= 4 is 52.3 Å². The van der Waals surface area contributed by atoms with E-state index in [-0.39, 0.29) is 27.9 Å². The molecular weight excluding hydrogens is 419 g/mol. The summed E-state index contributed by atoms with van der Waals surface area (Å²) in [6, 6.07) is 7.69. The molecule has 29 heavy (non-hydrogen) atoms.